The first kappa shape index (κ1) is 13.1. The molecule has 1 heterocycles. The van der Waals surface area contributed by atoms with Crippen LogP contribution in [0.25, 0.3) is 0 Å². The number of aryl methyl sites for hydroxylation is 1. The van der Waals surface area contributed by atoms with Gasteiger partial charge in [-0.3, -0.25) is 0 Å². The largest absolute Gasteiger partial charge is 0.310 e. The average Bonchev–Trinajstić information content (AvgIpc) is 3.16. The smallest absolute Gasteiger partial charge is 0.174 e. The predicted octanol–water partition coefficient (Wildman–Crippen LogP) is 3.50. The molecule has 0 amide bonds. The van der Waals surface area contributed by atoms with Gasteiger partial charge in [-0.15, -0.1) is 0 Å². The number of aromatic nitrogens is 2. The zero-order valence-electron chi connectivity index (χ0n) is 10.9. The highest BCUT2D eigenvalue weighted by Crippen LogP contribution is 2.32. The third-order valence-corrected chi connectivity index (χ3v) is 5.00. The molecule has 0 radical (unpaired) electrons. The summed E-state index contributed by atoms with van der Waals surface area (Å²) in [5.41, 5.74) is 1.35. The highest BCUT2D eigenvalue weighted by atomic mass is 32.2. The van der Waals surface area contributed by atoms with Gasteiger partial charge in [0.25, 0.3) is 0 Å². The zero-order valence-corrected chi connectivity index (χ0v) is 12.6. The van der Waals surface area contributed by atoms with Gasteiger partial charge >= 0.3 is 0 Å². The molecule has 1 aromatic carbocycles. The van der Waals surface area contributed by atoms with E-state index in [0.29, 0.717) is 0 Å². The highest BCUT2D eigenvalue weighted by Gasteiger charge is 2.20. The highest BCUT2D eigenvalue weighted by molar-refractivity contribution is 8.01. The van der Waals surface area contributed by atoms with Crippen LogP contribution in [0.5, 0.6) is 0 Å². The molecular formula is C14H17N3S2. The molecule has 0 saturated heterocycles. The molecule has 5 heteroatoms. The van der Waals surface area contributed by atoms with Gasteiger partial charge < -0.3 is 5.32 Å². The van der Waals surface area contributed by atoms with Gasteiger partial charge in [-0.25, -0.2) is 4.98 Å². The number of nitrogens with zero attached hydrogens (tertiary/aromatic N) is 2. The molecule has 0 atom stereocenters. The molecular weight excluding hydrogens is 274 g/mol. The minimum absolute atomic E-state index is 0.742. The van der Waals surface area contributed by atoms with E-state index in [2.05, 4.69) is 45.9 Å². The SMILES string of the molecule is CCc1nsc(Sc2ccccc2CNC2CC2)n1. The molecule has 0 spiro atoms. The van der Waals surface area contributed by atoms with Crippen LogP contribution in [0.2, 0.25) is 0 Å². The Labute approximate surface area is 122 Å². The number of hydrogen-bond donors (Lipinski definition) is 1. The van der Waals surface area contributed by atoms with Crippen molar-refractivity contribution < 1.29 is 0 Å². The maximum atomic E-state index is 4.52. The third-order valence-electron chi connectivity index (χ3n) is 3.09. The Morgan fingerprint density at radius 2 is 2.21 bits per heavy atom. The van der Waals surface area contributed by atoms with E-state index >= 15 is 0 Å². The standard InChI is InChI=1S/C14H17N3S2/c1-2-13-16-14(19-17-13)18-12-6-4-3-5-10(12)9-15-11-7-8-11/h3-6,11,15H,2,7-9H2,1H3. The molecule has 1 saturated carbocycles. The minimum Gasteiger partial charge on any atom is -0.310 e. The first-order valence-electron chi connectivity index (χ1n) is 6.67. The zero-order chi connectivity index (χ0) is 13.1. The van der Waals surface area contributed by atoms with E-state index in [1.165, 1.54) is 34.8 Å². The predicted molar refractivity (Wildman–Crippen MR) is 79.7 cm³/mol. The Bertz CT molecular complexity index is 549. The Balaban J connectivity index is 1.71. The summed E-state index contributed by atoms with van der Waals surface area (Å²) in [4.78, 5) is 5.81. The van der Waals surface area contributed by atoms with E-state index in [1.807, 2.05) is 0 Å². The van der Waals surface area contributed by atoms with Crippen LogP contribution in [0.15, 0.2) is 33.5 Å². The molecule has 1 fully saturated rings. The lowest BCUT2D eigenvalue weighted by Gasteiger charge is -2.08. The van der Waals surface area contributed by atoms with E-state index in [9.17, 15) is 0 Å². The lowest BCUT2D eigenvalue weighted by atomic mass is 10.2. The second-order valence-corrected chi connectivity index (χ2v) is 6.74. The Morgan fingerprint density at radius 3 is 2.95 bits per heavy atom. The Hall–Kier alpha value is -0.910. The lowest BCUT2D eigenvalue weighted by Crippen LogP contribution is -2.15. The van der Waals surface area contributed by atoms with Crippen molar-refractivity contribution in [2.45, 2.75) is 48.0 Å². The molecule has 2 aromatic rings. The van der Waals surface area contributed by atoms with Gasteiger partial charge in [-0.1, -0.05) is 36.9 Å². The summed E-state index contributed by atoms with van der Waals surface area (Å²) in [7, 11) is 0. The van der Waals surface area contributed by atoms with Crippen molar-refractivity contribution in [2.75, 3.05) is 0 Å². The summed E-state index contributed by atoms with van der Waals surface area (Å²) >= 11 is 3.22. The second kappa shape index (κ2) is 6.03. The Morgan fingerprint density at radius 1 is 1.37 bits per heavy atom. The van der Waals surface area contributed by atoms with Crippen molar-refractivity contribution in [3.63, 3.8) is 0 Å². The van der Waals surface area contributed by atoms with Gasteiger partial charge in [0, 0.05) is 23.9 Å². The van der Waals surface area contributed by atoms with E-state index in [0.717, 1.165) is 29.2 Å². The fourth-order valence-corrected chi connectivity index (χ4v) is 3.60. The van der Waals surface area contributed by atoms with E-state index in [4.69, 9.17) is 0 Å². The summed E-state index contributed by atoms with van der Waals surface area (Å²) in [6.45, 7) is 3.04. The maximum absolute atomic E-state index is 4.52. The number of benzene rings is 1. The number of hydrogen-bond acceptors (Lipinski definition) is 5. The van der Waals surface area contributed by atoms with Gasteiger partial charge in [0.2, 0.25) is 0 Å². The first-order chi connectivity index (χ1) is 9.35. The van der Waals surface area contributed by atoms with Crippen molar-refractivity contribution in [1.82, 2.24) is 14.7 Å². The molecule has 1 aliphatic carbocycles. The van der Waals surface area contributed by atoms with Crippen LogP contribution < -0.4 is 5.32 Å². The van der Waals surface area contributed by atoms with Gasteiger partial charge in [-0.05, 0) is 36.0 Å². The molecule has 1 N–H and O–H groups in total. The summed E-state index contributed by atoms with van der Waals surface area (Å²) < 4.78 is 5.38. The van der Waals surface area contributed by atoms with Crippen LogP contribution >= 0.6 is 23.3 Å². The Kier molecular flexibility index (Phi) is 4.15. The van der Waals surface area contributed by atoms with Crippen LogP contribution in [0.1, 0.15) is 31.2 Å². The fraction of sp³-hybridized carbons (Fsp3) is 0.429. The van der Waals surface area contributed by atoms with Crippen molar-refractivity contribution in [1.29, 1.82) is 0 Å². The average molecular weight is 291 g/mol. The fourth-order valence-electron chi connectivity index (χ4n) is 1.81. The van der Waals surface area contributed by atoms with E-state index in [1.54, 1.807) is 11.8 Å². The van der Waals surface area contributed by atoms with Crippen LogP contribution in [0, 0.1) is 0 Å². The quantitative estimate of drug-likeness (QED) is 0.884. The molecule has 1 aliphatic rings. The van der Waals surface area contributed by atoms with Crippen molar-refractivity contribution >= 4 is 23.3 Å². The van der Waals surface area contributed by atoms with Crippen LogP contribution in [-0.4, -0.2) is 15.4 Å². The topological polar surface area (TPSA) is 37.8 Å². The molecule has 0 unspecified atom stereocenters. The number of rotatable bonds is 6. The summed E-state index contributed by atoms with van der Waals surface area (Å²) in [5.74, 6) is 0.945. The van der Waals surface area contributed by atoms with E-state index in [-0.39, 0.29) is 0 Å². The minimum atomic E-state index is 0.742. The molecule has 100 valence electrons. The summed E-state index contributed by atoms with van der Waals surface area (Å²) in [5, 5.41) is 3.57. The third kappa shape index (κ3) is 3.55. The van der Waals surface area contributed by atoms with Crippen LogP contribution in [0.4, 0.5) is 0 Å². The van der Waals surface area contributed by atoms with Crippen molar-refractivity contribution in [2.24, 2.45) is 0 Å². The van der Waals surface area contributed by atoms with Gasteiger partial charge in [0.15, 0.2) is 4.34 Å². The molecule has 3 rings (SSSR count). The van der Waals surface area contributed by atoms with Crippen molar-refractivity contribution in [3.8, 4) is 0 Å². The van der Waals surface area contributed by atoms with Gasteiger partial charge in [0.1, 0.15) is 5.82 Å². The normalized spacial score (nSPS) is 14.8. The monoisotopic (exact) mass is 291 g/mol. The molecule has 19 heavy (non-hydrogen) atoms. The molecule has 3 nitrogen and oxygen atoms in total. The van der Waals surface area contributed by atoms with E-state index < -0.39 is 0 Å². The first-order valence-corrected chi connectivity index (χ1v) is 8.26. The summed E-state index contributed by atoms with van der Waals surface area (Å²) in [6, 6.07) is 9.29. The molecule has 1 aromatic heterocycles. The van der Waals surface area contributed by atoms with Crippen molar-refractivity contribution in [3.05, 3.63) is 35.7 Å². The number of nitrogens with one attached hydrogen (secondary N) is 1. The van der Waals surface area contributed by atoms with Gasteiger partial charge in [-0.2, -0.15) is 4.37 Å². The lowest BCUT2D eigenvalue weighted by molar-refractivity contribution is 0.680. The molecule has 0 aliphatic heterocycles. The van der Waals surface area contributed by atoms with Crippen LogP contribution in [-0.2, 0) is 13.0 Å². The van der Waals surface area contributed by atoms with Gasteiger partial charge in [0.05, 0.1) is 0 Å². The summed E-state index contributed by atoms with van der Waals surface area (Å²) in [6.07, 6.45) is 3.55. The second-order valence-electron chi connectivity index (χ2n) is 4.70. The molecule has 0 bridgehead atoms. The maximum Gasteiger partial charge on any atom is 0.174 e. The van der Waals surface area contributed by atoms with Crippen LogP contribution in [0.3, 0.4) is 0 Å².